The minimum absolute atomic E-state index is 0.0526. The molecule has 0 saturated heterocycles. The van der Waals surface area contributed by atoms with Gasteiger partial charge >= 0.3 is 0 Å². The van der Waals surface area contributed by atoms with Crippen molar-refractivity contribution in [1.29, 1.82) is 0 Å². The molecule has 1 aliphatic heterocycles. The van der Waals surface area contributed by atoms with Crippen molar-refractivity contribution in [2.24, 2.45) is 5.92 Å². The lowest BCUT2D eigenvalue weighted by atomic mass is 10.0. The second-order valence-corrected chi connectivity index (χ2v) is 8.51. The quantitative estimate of drug-likeness (QED) is 0.755. The van der Waals surface area contributed by atoms with E-state index in [0.717, 1.165) is 6.26 Å². The van der Waals surface area contributed by atoms with Crippen molar-refractivity contribution >= 4 is 15.9 Å². The maximum absolute atomic E-state index is 12.7. The molecule has 1 aromatic rings. The van der Waals surface area contributed by atoms with E-state index >= 15 is 0 Å². The molecular weight excluding hydrogens is 318 g/mol. The number of nitrogens with zero attached hydrogens (tertiary/aromatic N) is 5. The summed E-state index contributed by atoms with van der Waals surface area (Å²) < 4.78 is 26.3. The molecule has 0 unspecified atom stereocenters. The van der Waals surface area contributed by atoms with Gasteiger partial charge in [-0.25, -0.2) is 8.42 Å². The SMILES string of the molecule is CCN1Cc2nnc(CN(C)S(C)(=O)=O)n2[C@@H](CC(C)C)C1=O. The van der Waals surface area contributed by atoms with Crippen molar-refractivity contribution in [2.75, 3.05) is 19.8 Å². The van der Waals surface area contributed by atoms with Crippen molar-refractivity contribution in [3.8, 4) is 0 Å². The lowest BCUT2D eigenvalue weighted by Crippen LogP contribution is -2.44. The summed E-state index contributed by atoms with van der Waals surface area (Å²) in [5, 5.41) is 8.32. The Morgan fingerprint density at radius 2 is 2.00 bits per heavy atom. The van der Waals surface area contributed by atoms with Crippen molar-refractivity contribution in [3.05, 3.63) is 11.6 Å². The Bertz CT molecular complexity index is 683. The number of hydrogen-bond donors (Lipinski definition) is 0. The molecule has 1 aromatic heterocycles. The van der Waals surface area contributed by atoms with Crippen LogP contribution in [-0.4, -0.2) is 58.1 Å². The second kappa shape index (κ2) is 6.56. The molecule has 1 amide bonds. The molecule has 0 radical (unpaired) electrons. The maximum atomic E-state index is 12.7. The highest BCUT2D eigenvalue weighted by molar-refractivity contribution is 7.88. The van der Waals surface area contributed by atoms with Crippen LogP contribution in [0.15, 0.2) is 0 Å². The third-order valence-corrected chi connectivity index (χ3v) is 5.35. The summed E-state index contributed by atoms with van der Waals surface area (Å²) >= 11 is 0. The predicted molar refractivity (Wildman–Crippen MR) is 85.9 cm³/mol. The van der Waals surface area contributed by atoms with Gasteiger partial charge in [0.2, 0.25) is 15.9 Å². The summed E-state index contributed by atoms with van der Waals surface area (Å²) in [6.45, 7) is 7.21. The first-order chi connectivity index (χ1) is 10.6. The van der Waals surface area contributed by atoms with Crippen LogP contribution in [0.1, 0.15) is 44.9 Å². The first kappa shape index (κ1) is 17.9. The molecule has 0 saturated carbocycles. The van der Waals surface area contributed by atoms with Crippen LogP contribution in [0.3, 0.4) is 0 Å². The summed E-state index contributed by atoms with van der Waals surface area (Å²) in [7, 11) is -1.82. The Balaban J connectivity index is 2.40. The number of hydrogen-bond acceptors (Lipinski definition) is 5. The molecule has 0 aromatic carbocycles. The van der Waals surface area contributed by atoms with Gasteiger partial charge in [0.05, 0.1) is 19.3 Å². The maximum Gasteiger partial charge on any atom is 0.246 e. The van der Waals surface area contributed by atoms with Crippen LogP contribution >= 0.6 is 0 Å². The minimum Gasteiger partial charge on any atom is -0.334 e. The van der Waals surface area contributed by atoms with E-state index in [9.17, 15) is 13.2 Å². The summed E-state index contributed by atoms with van der Waals surface area (Å²) in [6.07, 6.45) is 1.83. The van der Waals surface area contributed by atoms with Gasteiger partial charge in [0.25, 0.3) is 0 Å². The van der Waals surface area contributed by atoms with Gasteiger partial charge in [-0.2, -0.15) is 4.31 Å². The molecule has 0 N–H and O–H groups in total. The average Bonchev–Trinajstić information content (AvgIpc) is 2.83. The number of sulfonamides is 1. The minimum atomic E-state index is -3.32. The van der Waals surface area contributed by atoms with Crippen molar-refractivity contribution < 1.29 is 13.2 Å². The molecule has 1 atom stereocenters. The van der Waals surface area contributed by atoms with Crippen molar-refractivity contribution in [3.63, 3.8) is 0 Å². The number of carbonyl (C=O) groups excluding carboxylic acids is 1. The van der Waals surface area contributed by atoms with Crippen LogP contribution < -0.4 is 0 Å². The number of likely N-dealkylation sites (N-methyl/N-ethyl adjacent to an activating group) is 1. The summed E-state index contributed by atoms with van der Waals surface area (Å²) in [6, 6.07) is -0.364. The molecule has 0 spiro atoms. The lowest BCUT2D eigenvalue weighted by Gasteiger charge is -2.34. The van der Waals surface area contributed by atoms with Gasteiger partial charge in [0, 0.05) is 13.6 Å². The zero-order valence-electron chi connectivity index (χ0n) is 14.4. The monoisotopic (exact) mass is 343 g/mol. The molecule has 0 aliphatic carbocycles. The number of rotatable bonds is 6. The first-order valence-electron chi connectivity index (χ1n) is 7.77. The van der Waals surface area contributed by atoms with Gasteiger partial charge in [-0.15, -0.1) is 10.2 Å². The molecule has 130 valence electrons. The number of amides is 1. The van der Waals surface area contributed by atoms with E-state index in [2.05, 4.69) is 24.0 Å². The molecule has 1 aliphatic rings. The van der Waals surface area contributed by atoms with Gasteiger partial charge < -0.3 is 4.90 Å². The topological polar surface area (TPSA) is 88.4 Å². The van der Waals surface area contributed by atoms with Gasteiger partial charge in [0.15, 0.2) is 5.82 Å². The van der Waals surface area contributed by atoms with E-state index in [1.165, 1.54) is 11.4 Å². The van der Waals surface area contributed by atoms with E-state index in [1.54, 1.807) is 4.90 Å². The van der Waals surface area contributed by atoms with Crippen LogP contribution in [-0.2, 0) is 27.9 Å². The molecule has 23 heavy (non-hydrogen) atoms. The molecule has 0 bridgehead atoms. The van der Waals surface area contributed by atoms with Crippen molar-refractivity contribution in [2.45, 2.75) is 46.3 Å². The normalized spacial score (nSPS) is 18.8. The summed E-state index contributed by atoms with van der Waals surface area (Å²) in [4.78, 5) is 14.5. The van der Waals surface area contributed by atoms with Gasteiger partial charge in [-0.05, 0) is 19.3 Å². The van der Waals surface area contributed by atoms with Crippen LogP contribution in [0.4, 0.5) is 0 Å². The standard InChI is InChI=1S/C14H25N5O3S/c1-6-18-9-13-16-15-12(8-17(4)23(5,21)22)19(13)11(14(18)20)7-10(2)3/h10-11H,6-9H2,1-5H3/t11-/m0/s1. The highest BCUT2D eigenvalue weighted by Crippen LogP contribution is 2.28. The van der Waals surface area contributed by atoms with E-state index in [0.29, 0.717) is 37.1 Å². The molecular formula is C14H25N5O3S. The number of carbonyl (C=O) groups is 1. The zero-order chi connectivity index (χ0) is 17.4. The van der Waals surface area contributed by atoms with E-state index in [4.69, 9.17) is 0 Å². The Kier molecular flexibility index (Phi) is 5.10. The molecule has 2 rings (SSSR count). The molecule has 9 heteroatoms. The van der Waals surface area contributed by atoms with E-state index in [-0.39, 0.29) is 18.5 Å². The van der Waals surface area contributed by atoms with Crippen LogP contribution in [0.5, 0.6) is 0 Å². The smallest absolute Gasteiger partial charge is 0.246 e. The largest absolute Gasteiger partial charge is 0.334 e. The number of fused-ring (bicyclic) bond motifs is 1. The molecule has 0 fully saturated rings. The first-order valence-corrected chi connectivity index (χ1v) is 9.62. The Hall–Kier alpha value is -1.48. The van der Waals surface area contributed by atoms with Gasteiger partial charge in [-0.1, -0.05) is 13.8 Å². The molecule has 8 nitrogen and oxygen atoms in total. The summed E-state index contributed by atoms with van der Waals surface area (Å²) in [5.74, 6) is 1.62. The average molecular weight is 343 g/mol. The Labute approximate surface area is 137 Å². The van der Waals surface area contributed by atoms with Gasteiger partial charge in [-0.3, -0.25) is 9.36 Å². The lowest BCUT2D eigenvalue weighted by molar-refractivity contribution is -0.138. The fourth-order valence-electron chi connectivity index (χ4n) is 2.74. The fourth-order valence-corrected chi connectivity index (χ4v) is 3.09. The van der Waals surface area contributed by atoms with Crippen LogP contribution in [0.2, 0.25) is 0 Å². The highest BCUT2D eigenvalue weighted by atomic mass is 32.2. The summed E-state index contributed by atoms with van der Waals surface area (Å²) in [5.41, 5.74) is 0. The van der Waals surface area contributed by atoms with Gasteiger partial charge in [0.1, 0.15) is 11.9 Å². The fraction of sp³-hybridized carbons (Fsp3) is 0.786. The molecule has 2 heterocycles. The number of aromatic nitrogens is 3. The Morgan fingerprint density at radius 1 is 1.35 bits per heavy atom. The van der Waals surface area contributed by atoms with Crippen LogP contribution in [0, 0.1) is 5.92 Å². The Morgan fingerprint density at radius 3 is 2.52 bits per heavy atom. The highest BCUT2D eigenvalue weighted by Gasteiger charge is 2.36. The van der Waals surface area contributed by atoms with E-state index in [1.807, 2.05) is 11.5 Å². The van der Waals surface area contributed by atoms with Crippen molar-refractivity contribution in [1.82, 2.24) is 24.0 Å². The van der Waals surface area contributed by atoms with Crippen LogP contribution in [0.25, 0.3) is 0 Å². The predicted octanol–water partition coefficient (Wildman–Crippen LogP) is 0.619. The third kappa shape index (κ3) is 3.72. The third-order valence-electron chi connectivity index (χ3n) is 4.08. The zero-order valence-corrected chi connectivity index (χ0v) is 15.2. The second-order valence-electron chi connectivity index (χ2n) is 6.42. The van der Waals surface area contributed by atoms with E-state index < -0.39 is 10.0 Å².